The van der Waals surface area contributed by atoms with Crippen LogP contribution in [0.4, 0.5) is 22.7 Å². The van der Waals surface area contributed by atoms with Crippen LogP contribution in [0, 0.1) is 0 Å². The van der Waals surface area contributed by atoms with Crippen molar-refractivity contribution < 1.29 is 4.42 Å². The Morgan fingerprint density at radius 2 is 1.21 bits per heavy atom. The van der Waals surface area contributed by atoms with E-state index in [0.717, 1.165) is 17.6 Å². The van der Waals surface area contributed by atoms with Crippen molar-refractivity contribution in [2.75, 3.05) is 9.71 Å². The topological polar surface area (TPSA) is 19.6 Å². The molecule has 2 unspecified atom stereocenters. The third kappa shape index (κ3) is 5.79. The van der Waals surface area contributed by atoms with E-state index in [-0.39, 0.29) is 39.5 Å². The number of fused-ring (bicyclic) bond motifs is 15. The molecule has 5 heterocycles. The van der Waals surface area contributed by atoms with Crippen LogP contribution in [-0.2, 0) is 27.1 Å². The fourth-order valence-corrected chi connectivity index (χ4v) is 15.8. The number of hydrogen-bond donors (Lipinski definition) is 0. The van der Waals surface area contributed by atoms with Crippen molar-refractivity contribution in [3.8, 4) is 22.3 Å². The van der Waals surface area contributed by atoms with Crippen LogP contribution in [0.3, 0.4) is 0 Å². The summed E-state index contributed by atoms with van der Waals surface area (Å²) in [5.41, 5.74) is 22.4. The van der Waals surface area contributed by atoms with Gasteiger partial charge in [-0.3, -0.25) is 0 Å². The van der Waals surface area contributed by atoms with E-state index in [9.17, 15) is 0 Å². The van der Waals surface area contributed by atoms with Crippen molar-refractivity contribution in [2.45, 2.75) is 154 Å². The van der Waals surface area contributed by atoms with E-state index >= 15 is 0 Å². The number of furan rings is 1. The Bertz CT molecular complexity index is 3800. The lowest BCUT2D eigenvalue weighted by molar-refractivity contribution is 0.195. The number of nitrogens with zero attached hydrogens (tertiary/aromatic N) is 2. The number of para-hydroxylation sites is 1. The van der Waals surface area contributed by atoms with Gasteiger partial charge in [-0.15, -0.1) is 11.3 Å². The molecule has 3 nitrogen and oxygen atoms in total. The van der Waals surface area contributed by atoms with Gasteiger partial charge < -0.3 is 14.1 Å². The molecule has 3 aliphatic heterocycles. The van der Waals surface area contributed by atoms with Gasteiger partial charge in [0, 0.05) is 64.5 Å². The number of benzene rings is 7. The summed E-state index contributed by atoms with van der Waals surface area (Å²) in [5.74, 6) is 0. The normalized spacial score (nSPS) is 21.7. The van der Waals surface area contributed by atoms with Gasteiger partial charge in [0.15, 0.2) is 5.58 Å². The summed E-state index contributed by atoms with van der Waals surface area (Å²) < 4.78 is 10.1. The largest absolute Gasteiger partial charge is 0.454 e. The Labute approximate surface area is 425 Å². The van der Waals surface area contributed by atoms with Crippen LogP contribution in [0.1, 0.15) is 149 Å². The molecule has 0 N–H and O–H groups in total. The molecule has 2 aromatic heterocycles. The monoisotopic (exact) mass is 947 g/mol. The first-order valence-corrected chi connectivity index (χ1v) is 27.5. The van der Waals surface area contributed by atoms with Gasteiger partial charge in [0.1, 0.15) is 5.58 Å². The smallest absolute Gasteiger partial charge is 0.333 e. The third-order valence-electron chi connectivity index (χ3n) is 19.1. The minimum absolute atomic E-state index is 0.0356. The molecule has 5 aliphatic rings. The maximum Gasteiger partial charge on any atom is 0.333 e. The molecular formula is C66H67BN2OS. The summed E-state index contributed by atoms with van der Waals surface area (Å²) in [6, 6.07) is 45.7. The van der Waals surface area contributed by atoms with Gasteiger partial charge >= 0.3 is 6.85 Å². The molecule has 71 heavy (non-hydrogen) atoms. The lowest BCUT2D eigenvalue weighted by Gasteiger charge is -2.53. The molecule has 356 valence electrons. The van der Waals surface area contributed by atoms with Gasteiger partial charge in [-0.1, -0.05) is 156 Å². The van der Waals surface area contributed by atoms with Crippen molar-refractivity contribution in [3.05, 3.63) is 143 Å². The Hall–Kier alpha value is -5.78. The molecule has 14 rings (SSSR count). The first-order chi connectivity index (χ1) is 33.7. The van der Waals surface area contributed by atoms with Gasteiger partial charge in [0.2, 0.25) is 0 Å². The molecule has 5 heteroatoms. The van der Waals surface area contributed by atoms with Gasteiger partial charge in [0.25, 0.3) is 0 Å². The summed E-state index contributed by atoms with van der Waals surface area (Å²) in [6.07, 6.45) is 7.16. The number of hydrogen-bond acceptors (Lipinski definition) is 4. The molecule has 7 aromatic carbocycles. The maximum absolute atomic E-state index is 7.34. The zero-order valence-electron chi connectivity index (χ0n) is 44.0. The Morgan fingerprint density at radius 3 is 1.96 bits per heavy atom. The molecule has 0 bridgehead atoms. The Morgan fingerprint density at radius 1 is 0.535 bits per heavy atom. The number of thiophene rings is 1. The highest BCUT2D eigenvalue weighted by Gasteiger charge is 2.63. The van der Waals surface area contributed by atoms with Crippen LogP contribution in [0.2, 0.25) is 0 Å². The molecule has 1 fully saturated rings. The average molecular weight is 947 g/mol. The van der Waals surface area contributed by atoms with E-state index in [4.69, 9.17) is 4.42 Å². The van der Waals surface area contributed by atoms with Crippen LogP contribution in [0.5, 0.6) is 0 Å². The summed E-state index contributed by atoms with van der Waals surface area (Å²) >= 11 is 1.99. The third-order valence-corrected chi connectivity index (χ3v) is 20.3. The first-order valence-electron chi connectivity index (χ1n) is 26.7. The molecule has 1 saturated carbocycles. The second kappa shape index (κ2) is 14.0. The van der Waals surface area contributed by atoms with E-state index < -0.39 is 0 Å². The minimum Gasteiger partial charge on any atom is -0.454 e. The SMILES string of the molecule is CC(C)(C)c1ccc(N2B3c4cc(C(C)(C)C)cc5c4N(c4c3c(cc3c4oc4ccccc43)-c3cc4sc6cc7c(cc6c4cc32)C(C)(C)CCC7(C)C)C2(C)CCCCC52C)c(-c2ccccc2)c1. The second-order valence-electron chi connectivity index (χ2n) is 26.3. The lowest BCUT2D eigenvalue weighted by Crippen LogP contribution is -2.64. The fraction of sp³-hybridized carbons (Fsp3) is 0.364. The summed E-state index contributed by atoms with van der Waals surface area (Å²) in [6.45, 7) is 29.3. The second-order valence-corrected chi connectivity index (χ2v) is 27.4. The van der Waals surface area contributed by atoms with Gasteiger partial charge in [-0.2, -0.15) is 0 Å². The summed E-state index contributed by atoms with van der Waals surface area (Å²) in [5, 5.41) is 5.15. The Balaban J connectivity index is 1.18. The maximum atomic E-state index is 7.34. The number of anilines is 4. The van der Waals surface area contributed by atoms with Gasteiger partial charge in [-0.05, 0) is 153 Å². The quantitative estimate of drug-likeness (QED) is 0.161. The molecule has 0 spiro atoms. The fourth-order valence-electron chi connectivity index (χ4n) is 14.6. The molecule has 0 radical (unpaired) electrons. The standard InChI is InChI=1S/C66H67BN2OS/c1-61(2,3)39-24-25-52(42(30-39)38-20-14-13-15-21-38)69-53-35-45-44-34-48-49(64(9,10)29-28-63(48,7)8)37-56(44)71-55(45)36-43(53)46-33-47-41-22-16-17-23-54(41)70-60(47)59-57(46)67(69)51-32-40(62(4,5)6)31-50-58(51)68(59)66(12)27-19-18-26-65(50,66)11/h13-17,20-25,30-37H,18-19,26-29H2,1-12H3. The molecule has 2 aliphatic carbocycles. The molecule has 0 saturated heterocycles. The van der Waals surface area contributed by atoms with Crippen molar-refractivity contribution in [2.24, 2.45) is 0 Å². The van der Waals surface area contributed by atoms with Crippen molar-refractivity contribution in [1.82, 2.24) is 0 Å². The van der Waals surface area contributed by atoms with E-state index in [0.29, 0.717) is 0 Å². The predicted octanol–water partition coefficient (Wildman–Crippen LogP) is 17.5. The molecule has 9 aromatic rings. The Kier molecular flexibility index (Phi) is 8.69. The molecule has 0 amide bonds. The van der Waals surface area contributed by atoms with Crippen LogP contribution >= 0.6 is 11.3 Å². The van der Waals surface area contributed by atoms with Crippen molar-refractivity contribution in [3.63, 3.8) is 0 Å². The highest BCUT2D eigenvalue weighted by Crippen LogP contribution is 2.64. The predicted molar refractivity (Wildman–Crippen MR) is 307 cm³/mol. The van der Waals surface area contributed by atoms with E-state index in [1.54, 1.807) is 0 Å². The average Bonchev–Trinajstić information content (AvgIpc) is 3.96. The number of rotatable bonds is 2. The summed E-state index contributed by atoms with van der Waals surface area (Å²) in [7, 11) is 0. The van der Waals surface area contributed by atoms with Crippen LogP contribution in [-0.4, -0.2) is 12.4 Å². The van der Waals surface area contributed by atoms with E-state index in [1.165, 1.54) is 147 Å². The molecule has 2 atom stereocenters. The van der Waals surface area contributed by atoms with E-state index in [2.05, 4.69) is 208 Å². The highest BCUT2D eigenvalue weighted by molar-refractivity contribution is 7.25. The first kappa shape index (κ1) is 44.0. The van der Waals surface area contributed by atoms with Crippen molar-refractivity contribution >= 4 is 94.0 Å². The zero-order valence-corrected chi connectivity index (χ0v) is 44.8. The van der Waals surface area contributed by atoms with Crippen LogP contribution in [0.15, 0.2) is 120 Å². The molecular weight excluding hydrogens is 880 g/mol. The van der Waals surface area contributed by atoms with Gasteiger partial charge in [-0.25, -0.2) is 0 Å². The highest BCUT2D eigenvalue weighted by atomic mass is 32.1. The lowest BCUT2D eigenvalue weighted by atomic mass is 9.43. The minimum atomic E-state index is -0.157. The van der Waals surface area contributed by atoms with Crippen LogP contribution < -0.4 is 20.6 Å². The van der Waals surface area contributed by atoms with Gasteiger partial charge in [0.05, 0.1) is 11.2 Å². The zero-order chi connectivity index (χ0) is 49.1. The van der Waals surface area contributed by atoms with Crippen LogP contribution in [0.25, 0.3) is 64.4 Å². The van der Waals surface area contributed by atoms with E-state index in [1.807, 2.05) is 11.3 Å². The summed E-state index contributed by atoms with van der Waals surface area (Å²) in [4.78, 5) is 5.70. The van der Waals surface area contributed by atoms with Crippen molar-refractivity contribution in [1.29, 1.82) is 0 Å².